The Labute approximate surface area is 233 Å². The summed E-state index contributed by atoms with van der Waals surface area (Å²) in [5.41, 5.74) is 0.210. The average Bonchev–Trinajstić information content (AvgIpc) is 2.97. The number of ether oxygens (including phenoxy) is 2. The summed E-state index contributed by atoms with van der Waals surface area (Å²) in [7, 11) is -4.02. The minimum atomic E-state index is -4.02. The van der Waals surface area contributed by atoms with E-state index in [0.717, 1.165) is 5.56 Å². The zero-order valence-corrected chi connectivity index (χ0v) is 23.0. The fourth-order valence-electron chi connectivity index (χ4n) is 4.75. The number of rotatable bonds is 9. The second kappa shape index (κ2) is 11.9. The van der Waals surface area contributed by atoms with Crippen molar-refractivity contribution in [1.82, 2.24) is 15.1 Å². The molecule has 1 atom stereocenters. The summed E-state index contributed by atoms with van der Waals surface area (Å²) < 4.78 is 57.1. The lowest BCUT2D eigenvalue weighted by molar-refractivity contribution is -0.158. The highest BCUT2D eigenvalue weighted by Gasteiger charge is 2.46. The molecule has 0 radical (unpaired) electrons. The summed E-state index contributed by atoms with van der Waals surface area (Å²) in [6.45, 7) is 5.30. The highest BCUT2D eigenvalue weighted by atomic mass is 32.2. The van der Waals surface area contributed by atoms with Crippen LogP contribution in [0, 0.1) is 12.7 Å². The molecule has 2 heterocycles. The van der Waals surface area contributed by atoms with Crippen LogP contribution in [0.4, 0.5) is 4.39 Å². The van der Waals surface area contributed by atoms with Crippen molar-refractivity contribution in [3.8, 4) is 11.5 Å². The number of amides is 1. The van der Waals surface area contributed by atoms with Gasteiger partial charge >= 0.3 is 0 Å². The molecule has 11 heteroatoms. The van der Waals surface area contributed by atoms with Crippen LogP contribution in [-0.4, -0.2) is 82.3 Å². The van der Waals surface area contributed by atoms with E-state index in [2.05, 4.69) is 15.1 Å². The van der Waals surface area contributed by atoms with Crippen LogP contribution in [0.2, 0.25) is 0 Å². The summed E-state index contributed by atoms with van der Waals surface area (Å²) in [5, 5.41) is 2.87. The van der Waals surface area contributed by atoms with Crippen molar-refractivity contribution in [3.05, 3.63) is 89.7 Å². The molecule has 0 spiro atoms. The number of para-hydroxylation sites is 2. The zero-order chi connectivity index (χ0) is 28.2. The van der Waals surface area contributed by atoms with E-state index >= 15 is 0 Å². The standard InChI is InChI=1S/C29H32FN3O6S/c1-22-6-12-25(13-7-22)40(35,36)38-21-29(20-37-26-4-2-3-5-27(26)39-29)33-18-16-32(17-19-33)15-14-31-28(34)23-8-10-24(30)11-9-23/h2-13H,14-21H2,1H3,(H,31,34). The maximum atomic E-state index is 13.1. The summed E-state index contributed by atoms with van der Waals surface area (Å²) in [5.74, 6) is 0.475. The van der Waals surface area contributed by atoms with Gasteiger partial charge < -0.3 is 14.8 Å². The number of nitrogens with zero attached hydrogens (tertiary/aromatic N) is 2. The molecule has 1 amide bonds. The number of nitrogens with one attached hydrogen (secondary N) is 1. The van der Waals surface area contributed by atoms with Gasteiger partial charge in [-0.1, -0.05) is 29.8 Å². The van der Waals surface area contributed by atoms with Crippen LogP contribution in [0.5, 0.6) is 11.5 Å². The van der Waals surface area contributed by atoms with Crippen molar-refractivity contribution < 1.29 is 31.3 Å². The van der Waals surface area contributed by atoms with Gasteiger partial charge in [-0.2, -0.15) is 8.42 Å². The summed E-state index contributed by atoms with van der Waals surface area (Å²) >= 11 is 0. The number of carbonyl (C=O) groups excluding carboxylic acids is 1. The first-order valence-corrected chi connectivity index (χ1v) is 14.5. The minimum absolute atomic E-state index is 0.0814. The third kappa shape index (κ3) is 6.44. The Bertz CT molecular complexity index is 1430. The number of hydrogen-bond acceptors (Lipinski definition) is 8. The first-order valence-electron chi connectivity index (χ1n) is 13.1. The van der Waals surface area contributed by atoms with Gasteiger partial charge in [0.15, 0.2) is 11.5 Å². The highest BCUT2D eigenvalue weighted by Crippen LogP contribution is 2.37. The molecule has 212 valence electrons. The first kappa shape index (κ1) is 28.0. The Hall–Kier alpha value is -3.51. The molecule has 2 aliphatic rings. The molecule has 1 fully saturated rings. The van der Waals surface area contributed by atoms with E-state index in [4.69, 9.17) is 13.7 Å². The number of piperazine rings is 1. The van der Waals surface area contributed by atoms with E-state index in [1.54, 1.807) is 24.3 Å². The summed E-state index contributed by atoms with van der Waals surface area (Å²) in [6.07, 6.45) is 0. The topological polar surface area (TPSA) is 97.4 Å². The van der Waals surface area contributed by atoms with E-state index in [9.17, 15) is 17.6 Å². The van der Waals surface area contributed by atoms with Crippen molar-refractivity contribution in [1.29, 1.82) is 0 Å². The van der Waals surface area contributed by atoms with Gasteiger partial charge in [-0.05, 0) is 55.5 Å². The van der Waals surface area contributed by atoms with Gasteiger partial charge in [0, 0.05) is 44.8 Å². The molecule has 1 N–H and O–H groups in total. The average molecular weight is 570 g/mol. The molecular weight excluding hydrogens is 537 g/mol. The van der Waals surface area contributed by atoms with Gasteiger partial charge in [0.2, 0.25) is 5.72 Å². The number of fused-ring (bicyclic) bond motifs is 1. The number of halogens is 1. The molecule has 5 rings (SSSR count). The molecule has 1 saturated heterocycles. The lowest BCUT2D eigenvalue weighted by Crippen LogP contribution is -2.66. The van der Waals surface area contributed by atoms with Gasteiger partial charge in [-0.15, -0.1) is 0 Å². The van der Waals surface area contributed by atoms with E-state index in [1.807, 2.05) is 19.1 Å². The fourth-order valence-corrected chi connectivity index (χ4v) is 5.69. The maximum Gasteiger partial charge on any atom is 0.297 e. The molecule has 2 aliphatic heterocycles. The van der Waals surface area contributed by atoms with Crippen LogP contribution in [0.3, 0.4) is 0 Å². The van der Waals surface area contributed by atoms with Crippen LogP contribution < -0.4 is 14.8 Å². The maximum absolute atomic E-state index is 13.1. The molecule has 3 aromatic carbocycles. The third-order valence-corrected chi connectivity index (χ3v) is 8.40. The lowest BCUT2D eigenvalue weighted by atomic mass is 10.1. The second-order valence-electron chi connectivity index (χ2n) is 9.90. The predicted molar refractivity (Wildman–Crippen MR) is 146 cm³/mol. The summed E-state index contributed by atoms with van der Waals surface area (Å²) in [6, 6.07) is 19.2. The van der Waals surface area contributed by atoms with Gasteiger partial charge in [0.05, 0.1) is 4.90 Å². The van der Waals surface area contributed by atoms with Crippen LogP contribution >= 0.6 is 0 Å². The molecule has 1 unspecified atom stereocenters. The number of hydrogen-bond donors (Lipinski definition) is 1. The molecule has 3 aromatic rings. The van der Waals surface area contributed by atoms with Crippen molar-refractivity contribution in [2.75, 3.05) is 52.5 Å². The minimum Gasteiger partial charge on any atom is -0.484 e. The molecule has 0 aliphatic carbocycles. The Balaban J connectivity index is 1.22. The van der Waals surface area contributed by atoms with Crippen molar-refractivity contribution >= 4 is 16.0 Å². The highest BCUT2D eigenvalue weighted by molar-refractivity contribution is 7.86. The number of aryl methyl sites for hydroxylation is 1. The summed E-state index contributed by atoms with van der Waals surface area (Å²) in [4.78, 5) is 16.7. The van der Waals surface area contributed by atoms with Gasteiger partial charge in [0.1, 0.15) is 19.0 Å². The molecule has 0 bridgehead atoms. The fraction of sp³-hybridized carbons (Fsp3) is 0.345. The van der Waals surface area contributed by atoms with E-state index < -0.39 is 15.8 Å². The van der Waals surface area contributed by atoms with Crippen LogP contribution in [0.25, 0.3) is 0 Å². The molecule has 0 saturated carbocycles. The third-order valence-electron chi connectivity index (χ3n) is 7.12. The van der Waals surface area contributed by atoms with Gasteiger partial charge in [0.25, 0.3) is 16.0 Å². The van der Waals surface area contributed by atoms with Gasteiger partial charge in [-0.3, -0.25) is 18.8 Å². The second-order valence-corrected chi connectivity index (χ2v) is 11.5. The molecule has 9 nitrogen and oxygen atoms in total. The molecule has 40 heavy (non-hydrogen) atoms. The van der Waals surface area contributed by atoms with Crippen molar-refractivity contribution in [3.63, 3.8) is 0 Å². The van der Waals surface area contributed by atoms with Crippen LogP contribution in [0.15, 0.2) is 77.7 Å². The lowest BCUT2D eigenvalue weighted by Gasteiger charge is -2.48. The Morgan fingerprint density at radius 3 is 2.35 bits per heavy atom. The molecule has 0 aromatic heterocycles. The number of benzene rings is 3. The number of carbonyl (C=O) groups is 1. The zero-order valence-electron chi connectivity index (χ0n) is 22.2. The Morgan fingerprint density at radius 2 is 1.65 bits per heavy atom. The largest absolute Gasteiger partial charge is 0.484 e. The monoisotopic (exact) mass is 569 g/mol. The van der Waals surface area contributed by atoms with Crippen molar-refractivity contribution in [2.24, 2.45) is 0 Å². The first-order chi connectivity index (χ1) is 19.2. The van der Waals surface area contributed by atoms with Crippen molar-refractivity contribution in [2.45, 2.75) is 17.5 Å². The predicted octanol–water partition coefficient (Wildman–Crippen LogP) is 3.05. The smallest absolute Gasteiger partial charge is 0.297 e. The Morgan fingerprint density at radius 1 is 0.975 bits per heavy atom. The normalized spacial score (nSPS) is 19.8. The Kier molecular flexibility index (Phi) is 8.36. The SMILES string of the molecule is Cc1ccc(S(=O)(=O)OCC2(N3CCN(CCNC(=O)c4ccc(F)cc4)CC3)COc3ccccc3O2)cc1. The van der Waals surface area contributed by atoms with Crippen LogP contribution in [-0.2, 0) is 14.3 Å². The molecular formula is C29H32FN3O6S. The van der Waals surface area contributed by atoms with Crippen LogP contribution in [0.1, 0.15) is 15.9 Å². The van der Waals surface area contributed by atoms with E-state index in [0.29, 0.717) is 56.3 Å². The van der Waals surface area contributed by atoms with Gasteiger partial charge in [-0.25, -0.2) is 4.39 Å². The van der Waals surface area contributed by atoms with E-state index in [1.165, 1.54) is 36.4 Å². The quantitative estimate of drug-likeness (QED) is 0.393. The van der Waals surface area contributed by atoms with E-state index in [-0.39, 0.29) is 29.8 Å².